The molecule has 3 heteroatoms. The summed E-state index contributed by atoms with van der Waals surface area (Å²) in [7, 11) is 0. The molecule has 0 unspecified atom stereocenters. The van der Waals surface area contributed by atoms with E-state index in [1.807, 2.05) is 19.9 Å². The van der Waals surface area contributed by atoms with Crippen LogP contribution in [0.1, 0.15) is 35.6 Å². The van der Waals surface area contributed by atoms with Crippen molar-refractivity contribution in [2.24, 2.45) is 0 Å². The van der Waals surface area contributed by atoms with Crippen LogP contribution in [-0.4, -0.2) is 36.2 Å². The maximum atomic E-state index is 9.96. The average molecular weight is 274 g/mol. The highest BCUT2D eigenvalue weighted by molar-refractivity contribution is 5.43. The number of nitrogens with one attached hydrogen (secondary N) is 1. The Hall–Kier alpha value is -1.32. The van der Waals surface area contributed by atoms with Crippen LogP contribution in [0.15, 0.2) is 24.8 Å². The number of phenolic OH excluding ortho intramolecular Hbond substituents is 1. The minimum absolute atomic E-state index is 0.424. The molecule has 3 nitrogen and oxygen atoms in total. The van der Waals surface area contributed by atoms with Crippen LogP contribution in [0.3, 0.4) is 0 Å². The first-order valence-corrected chi connectivity index (χ1v) is 7.49. The van der Waals surface area contributed by atoms with E-state index in [1.54, 1.807) is 0 Å². The molecule has 110 valence electrons. The number of aryl methyl sites for hydroxylation is 2. The second-order valence-electron chi connectivity index (χ2n) is 5.67. The highest BCUT2D eigenvalue weighted by Gasteiger charge is 2.22. The first-order valence-electron chi connectivity index (χ1n) is 7.49. The van der Waals surface area contributed by atoms with Gasteiger partial charge in [-0.25, -0.2) is 0 Å². The van der Waals surface area contributed by atoms with E-state index in [0.717, 1.165) is 50.1 Å². The highest BCUT2D eigenvalue weighted by atomic mass is 16.3. The summed E-state index contributed by atoms with van der Waals surface area (Å²) in [6, 6.07) is 4.70. The normalized spacial score (nSPS) is 17.9. The molecule has 1 aliphatic rings. The Kier molecular flexibility index (Phi) is 5.21. The molecule has 1 aromatic rings. The third-order valence-corrected chi connectivity index (χ3v) is 4.13. The number of phenols is 1. The van der Waals surface area contributed by atoms with Crippen LogP contribution in [-0.2, 0) is 0 Å². The largest absolute Gasteiger partial charge is 0.507 e. The first kappa shape index (κ1) is 15.1. The van der Waals surface area contributed by atoms with Crippen LogP contribution < -0.4 is 5.32 Å². The van der Waals surface area contributed by atoms with E-state index in [1.165, 1.54) is 5.56 Å². The molecule has 1 aliphatic heterocycles. The van der Waals surface area contributed by atoms with Crippen molar-refractivity contribution >= 4 is 0 Å². The Morgan fingerprint density at radius 1 is 1.30 bits per heavy atom. The van der Waals surface area contributed by atoms with Crippen molar-refractivity contribution in [3.8, 4) is 5.75 Å². The standard InChI is InChI=1S/C17H26N2O/c1-4-5-6-16(19-9-7-18-8-10-19)15-11-13(2)17(20)14(3)12-15/h4,11-12,16,18,20H,1,5-10H2,2-3H3/t16-/m1/s1. The molecule has 2 N–H and O–H groups in total. The second kappa shape index (κ2) is 6.91. The Balaban J connectivity index is 2.27. The zero-order valence-corrected chi connectivity index (χ0v) is 12.7. The first-order chi connectivity index (χ1) is 9.63. The number of allylic oxidation sites excluding steroid dienone is 1. The molecule has 2 rings (SSSR count). The van der Waals surface area contributed by atoms with Crippen molar-refractivity contribution in [3.05, 3.63) is 41.5 Å². The molecule has 1 atom stereocenters. The molecule has 0 amide bonds. The number of hydrogen-bond acceptors (Lipinski definition) is 3. The molecule has 0 aromatic heterocycles. The zero-order valence-electron chi connectivity index (χ0n) is 12.7. The Morgan fingerprint density at radius 2 is 1.90 bits per heavy atom. The van der Waals surface area contributed by atoms with E-state index in [2.05, 4.69) is 28.9 Å². The molecule has 1 saturated heterocycles. The van der Waals surface area contributed by atoms with Gasteiger partial charge >= 0.3 is 0 Å². The molecular weight excluding hydrogens is 248 g/mol. The summed E-state index contributed by atoms with van der Waals surface area (Å²) in [6.45, 7) is 12.1. The van der Waals surface area contributed by atoms with Crippen molar-refractivity contribution in [2.75, 3.05) is 26.2 Å². The summed E-state index contributed by atoms with van der Waals surface area (Å²) in [5.41, 5.74) is 3.26. The van der Waals surface area contributed by atoms with Crippen molar-refractivity contribution < 1.29 is 5.11 Å². The molecule has 1 aromatic carbocycles. The van der Waals surface area contributed by atoms with Crippen molar-refractivity contribution in [1.82, 2.24) is 10.2 Å². The summed E-state index contributed by atoms with van der Waals surface area (Å²) in [5, 5.41) is 13.4. The van der Waals surface area contributed by atoms with Gasteiger partial charge in [0.25, 0.3) is 0 Å². The summed E-state index contributed by atoms with van der Waals surface area (Å²) in [6.07, 6.45) is 4.11. The van der Waals surface area contributed by atoms with Gasteiger partial charge in [0.05, 0.1) is 0 Å². The predicted octanol–water partition coefficient (Wildman–Crippen LogP) is 2.92. The van der Waals surface area contributed by atoms with Crippen LogP contribution in [0, 0.1) is 13.8 Å². The number of piperazine rings is 1. The van der Waals surface area contributed by atoms with Crippen molar-refractivity contribution in [3.63, 3.8) is 0 Å². The lowest BCUT2D eigenvalue weighted by Gasteiger charge is -2.35. The fourth-order valence-corrected chi connectivity index (χ4v) is 3.01. The van der Waals surface area contributed by atoms with Gasteiger partial charge in [-0.3, -0.25) is 4.90 Å². The minimum atomic E-state index is 0.424. The SMILES string of the molecule is C=CCC[C@H](c1cc(C)c(O)c(C)c1)N1CCNCC1. The number of rotatable bonds is 5. The fraction of sp³-hybridized carbons (Fsp3) is 0.529. The average Bonchev–Trinajstić information content (AvgIpc) is 2.46. The summed E-state index contributed by atoms with van der Waals surface area (Å²) < 4.78 is 0. The minimum Gasteiger partial charge on any atom is -0.507 e. The fourth-order valence-electron chi connectivity index (χ4n) is 3.01. The van der Waals surface area contributed by atoms with Crippen molar-refractivity contribution in [1.29, 1.82) is 0 Å². The Labute approximate surface area is 122 Å². The van der Waals surface area contributed by atoms with Gasteiger partial charge in [0.15, 0.2) is 0 Å². The van der Waals surface area contributed by atoms with Crippen LogP contribution in [0.4, 0.5) is 0 Å². The lowest BCUT2D eigenvalue weighted by atomic mass is 9.95. The van der Waals surface area contributed by atoms with Gasteiger partial charge in [0.1, 0.15) is 5.75 Å². The lowest BCUT2D eigenvalue weighted by Crippen LogP contribution is -2.45. The number of aromatic hydroxyl groups is 1. The van der Waals surface area contributed by atoms with Gasteiger partial charge < -0.3 is 10.4 Å². The van der Waals surface area contributed by atoms with E-state index >= 15 is 0 Å². The van der Waals surface area contributed by atoms with E-state index < -0.39 is 0 Å². The Bertz CT molecular complexity index is 441. The molecule has 0 radical (unpaired) electrons. The molecule has 1 fully saturated rings. The van der Waals surface area contributed by atoms with Crippen LogP contribution in [0.2, 0.25) is 0 Å². The number of benzene rings is 1. The summed E-state index contributed by atoms with van der Waals surface area (Å²) >= 11 is 0. The monoisotopic (exact) mass is 274 g/mol. The molecule has 0 bridgehead atoms. The zero-order chi connectivity index (χ0) is 14.5. The van der Waals surface area contributed by atoms with E-state index in [-0.39, 0.29) is 0 Å². The van der Waals surface area contributed by atoms with E-state index in [0.29, 0.717) is 11.8 Å². The maximum Gasteiger partial charge on any atom is 0.121 e. The molecule has 0 saturated carbocycles. The molecular formula is C17H26N2O. The molecule has 1 heterocycles. The quantitative estimate of drug-likeness (QED) is 0.810. The second-order valence-corrected chi connectivity index (χ2v) is 5.67. The maximum absolute atomic E-state index is 9.96. The van der Waals surface area contributed by atoms with Gasteiger partial charge in [-0.2, -0.15) is 0 Å². The third kappa shape index (κ3) is 3.41. The number of hydrogen-bond donors (Lipinski definition) is 2. The molecule has 0 aliphatic carbocycles. The van der Waals surface area contributed by atoms with E-state index in [9.17, 15) is 5.11 Å². The lowest BCUT2D eigenvalue weighted by molar-refractivity contribution is 0.166. The van der Waals surface area contributed by atoms with Gasteiger partial charge in [-0.1, -0.05) is 18.2 Å². The van der Waals surface area contributed by atoms with Crippen molar-refractivity contribution in [2.45, 2.75) is 32.7 Å². The smallest absolute Gasteiger partial charge is 0.121 e. The predicted molar refractivity (Wildman–Crippen MR) is 84.2 cm³/mol. The van der Waals surface area contributed by atoms with Gasteiger partial charge in [-0.05, 0) is 43.4 Å². The summed E-state index contributed by atoms with van der Waals surface area (Å²) in [4.78, 5) is 2.55. The highest BCUT2D eigenvalue weighted by Crippen LogP contribution is 2.31. The van der Waals surface area contributed by atoms with Crippen LogP contribution in [0.25, 0.3) is 0 Å². The van der Waals surface area contributed by atoms with Crippen LogP contribution >= 0.6 is 0 Å². The molecule has 20 heavy (non-hydrogen) atoms. The van der Waals surface area contributed by atoms with Gasteiger partial charge in [0, 0.05) is 32.2 Å². The number of nitrogens with zero attached hydrogens (tertiary/aromatic N) is 1. The molecule has 0 spiro atoms. The van der Waals surface area contributed by atoms with Gasteiger partial charge in [0.2, 0.25) is 0 Å². The van der Waals surface area contributed by atoms with E-state index in [4.69, 9.17) is 0 Å². The summed E-state index contributed by atoms with van der Waals surface area (Å²) in [5.74, 6) is 0.427. The van der Waals surface area contributed by atoms with Gasteiger partial charge in [-0.15, -0.1) is 6.58 Å². The third-order valence-electron chi connectivity index (χ3n) is 4.13. The Morgan fingerprint density at radius 3 is 2.45 bits per heavy atom. The van der Waals surface area contributed by atoms with Crippen LogP contribution in [0.5, 0.6) is 5.75 Å². The topological polar surface area (TPSA) is 35.5 Å².